The summed E-state index contributed by atoms with van der Waals surface area (Å²) in [7, 11) is 3.45. The van der Waals surface area contributed by atoms with Crippen LogP contribution in [0, 0.1) is 58.2 Å². The van der Waals surface area contributed by atoms with E-state index in [1.807, 2.05) is 11.4 Å². The molecule has 2 nitrogen and oxygen atoms in total. The summed E-state index contributed by atoms with van der Waals surface area (Å²) in [6.45, 7) is 21.1. The molecule has 45 heavy (non-hydrogen) atoms. The van der Waals surface area contributed by atoms with E-state index in [9.17, 15) is 0 Å². The van der Waals surface area contributed by atoms with Gasteiger partial charge in [0.05, 0.1) is 8.07 Å². The smallest absolute Gasteiger partial charge is 0.0672 e. The predicted molar refractivity (Wildman–Crippen MR) is 194 cm³/mol. The summed E-state index contributed by atoms with van der Waals surface area (Å²) in [5, 5.41) is 0. The zero-order valence-corrected chi connectivity index (χ0v) is 32.2. The van der Waals surface area contributed by atoms with E-state index in [1.54, 1.807) is 0 Å². The second-order valence-electron chi connectivity index (χ2n) is 20.9. The van der Waals surface area contributed by atoms with Crippen molar-refractivity contribution in [3.05, 3.63) is 22.5 Å². The Morgan fingerprint density at radius 3 is 1.27 bits per heavy atom. The molecule has 0 spiro atoms. The first-order valence-corrected chi connectivity index (χ1v) is 23.3. The molecule has 0 amide bonds. The maximum absolute atomic E-state index is 2.99. The summed E-state index contributed by atoms with van der Waals surface area (Å²) >= 11 is 0. The number of hydrogen-bond donors (Lipinski definition) is 0. The summed E-state index contributed by atoms with van der Waals surface area (Å²) < 4.78 is 0. The Bertz CT molecular complexity index is 1150. The minimum Gasteiger partial charge on any atom is -0.374 e. The quantitative estimate of drug-likeness (QED) is 0.280. The zero-order chi connectivity index (χ0) is 31.8. The summed E-state index contributed by atoms with van der Waals surface area (Å²) in [5.74, 6) is 7.23. The van der Waals surface area contributed by atoms with E-state index in [2.05, 4.69) is 89.7 Å². The third kappa shape index (κ3) is 4.56. The van der Waals surface area contributed by atoms with E-state index >= 15 is 0 Å². The van der Waals surface area contributed by atoms with Crippen molar-refractivity contribution in [2.75, 3.05) is 14.1 Å². The molecule has 0 saturated heterocycles. The lowest BCUT2D eigenvalue weighted by Crippen LogP contribution is -2.51. The van der Waals surface area contributed by atoms with Crippen LogP contribution < -0.4 is 0 Å². The largest absolute Gasteiger partial charge is 0.374 e. The first-order chi connectivity index (χ1) is 21.2. The van der Waals surface area contributed by atoms with Gasteiger partial charge in [-0.15, -0.1) is 0 Å². The molecule has 0 aromatic carbocycles. The molecule has 0 radical (unpaired) electrons. The van der Waals surface area contributed by atoms with Gasteiger partial charge in [-0.2, -0.15) is 0 Å². The molecule has 2 heterocycles. The molecule has 3 heteroatoms. The third-order valence-corrected chi connectivity index (χ3v) is 21.3. The van der Waals surface area contributed by atoms with Gasteiger partial charge in [0, 0.05) is 49.4 Å². The number of hydrogen-bond acceptors (Lipinski definition) is 2. The Balaban J connectivity index is 1.21. The van der Waals surface area contributed by atoms with Gasteiger partial charge < -0.3 is 9.80 Å². The van der Waals surface area contributed by atoms with Crippen molar-refractivity contribution in [3.8, 4) is 0 Å². The van der Waals surface area contributed by atoms with Gasteiger partial charge in [0.15, 0.2) is 0 Å². The molecule has 0 bridgehead atoms. The van der Waals surface area contributed by atoms with E-state index in [4.69, 9.17) is 0 Å². The second-order valence-corrected chi connectivity index (χ2v) is 25.8. The SMILES string of the molecule is CN1C2=C(C3CCCCC3C2[Si](C)(C)C2C3=C(C4CCCCC42)C2CC(C(C)(C)C)CCC2N3C)C2CC(C(C)(C)C)CCC21. The van der Waals surface area contributed by atoms with Crippen LogP contribution >= 0.6 is 0 Å². The monoisotopic (exact) mass is 631 g/mol. The minimum absolute atomic E-state index is 0.448. The van der Waals surface area contributed by atoms with Crippen molar-refractivity contribution < 1.29 is 0 Å². The van der Waals surface area contributed by atoms with Crippen LogP contribution in [-0.2, 0) is 0 Å². The van der Waals surface area contributed by atoms with Gasteiger partial charge in [0.1, 0.15) is 0 Å². The van der Waals surface area contributed by atoms with Gasteiger partial charge in [-0.1, -0.05) is 80.3 Å². The highest BCUT2D eigenvalue weighted by molar-refractivity contribution is 6.81. The average Bonchev–Trinajstić information content (AvgIpc) is 3.68. The van der Waals surface area contributed by atoms with Gasteiger partial charge >= 0.3 is 0 Å². The van der Waals surface area contributed by atoms with Crippen molar-refractivity contribution in [1.29, 1.82) is 0 Å². The van der Waals surface area contributed by atoms with E-state index < -0.39 is 8.07 Å². The molecule has 8 aliphatic rings. The Hall–Kier alpha value is -0.703. The van der Waals surface area contributed by atoms with E-state index in [-0.39, 0.29) is 0 Å². The minimum atomic E-state index is -1.74. The maximum Gasteiger partial charge on any atom is 0.0672 e. The fourth-order valence-corrected chi connectivity index (χ4v) is 20.2. The first kappa shape index (κ1) is 31.6. The summed E-state index contributed by atoms with van der Waals surface area (Å²) in [6.07, 6.45) is 20.7. The van der Waals surface area contributed by atoms with Gasteiger partial charge in [-0.25, -0.2) is 0 Å². The fraction of sp³-hybridized carbons (Fsp3) is 0.905. The van der Waals surface area contributed by atoms with Gasteiger partial charge in [-0.05, 0) is 133 Å². The van der Waals surface area contributed by atoms with Crippen LogP contribution in [0.5, 0.6) is 0 Å². The Morgan fingerprint density at radius 1 is 0.511 bits per heavy atom. The van der Waals surface area contributed by atoms with E-state index in [1.165, 1.54) is 89.9 Å². The van der Waals surface area contributed by atoms with Crippen LogP contribution in [-0.4, -0.2) is 44.1 Å². The second kappa shape index (κ2) is 10.6. The molecular formula is C42H70N2Si. The van der Waals surface area contributed by atoms with E-state index in [0.717, 1.165) is 70.5 Å². The normalized spacial score (nSPS) is 44.9. The van der Waals surface area contributed by atoms with Crippen molar-refractivity contribution in [2.24, 2.45) is 58.2 Å². The molecule has 0 aromatic heterocycles. The Labute approximate surface area is 279 Å². The lowest BCUT2D eigenvalue weighted by Gasteiger charge is -2.52. The topological polar surface area (TPSA) is 6.48 Å². The van der Waals surface area contributed by atoms with Gasteiger partial charge in [0.2, 0.25) is 0 Å². The molecule has 6 aliphatic carbocycles. The summed E-state index contributed by atoms with van der Waals surface area (Å²) in [4.78, 5) is 5.98. The standard InChI is InChI=1S/C42H70N2Si/c1-41(2,3)25-19-21-33-31(23-25)35-27-15-11-13-17-29(27)39(37(35)43(33)7)45(9,10)40-30-18-14-12-16-28(30)36-32-24-26(42(4,5)6)20-22-34(32)44(8)38(36)40/h25-34,39-40H,11-24H2,1-10H3. The highest BCUT2D eigenvalue weighted by atomic mass is 28.3. The Kier molecular flexibility index (Phi) is 7.47. The molecular weight excluding hydrogens is 561 g/mol. The van der Waals surface area contributed by atoms with Crippen molar-refractivity contribution in [1.82, 2.24) is 9.80 Å². The lowest BCUT2D eigenvalue weighted by molar-refractivity contribution is 0.0915. The highest BCUT2D eigenvalue weighted by Crippen LogP contribution is 2.71. The van der Waals surface area contributed by atoms with Crippen LogP contribution in [0.2, 0.25) is 24.2 Å². The number of rotatable bonds is 2. The molecule has 12 unspecified atom stereocenters. The van der Waals surface area contributed by atoms with Crippen molar-refractivity contribution in [3.63, 3.8) is 0 Å². The predicted octanol–water partition coefficient (Wildman–Crippen LogP) is 11.1. The Morgan fingerprint density at radius 2 is 0.889 bits per heavy atom. The van der Waals surface area contributed by atoms with Crippen LogP contribution in [0.25, 0.3) is 0 Å². The average molecular weight is 631 g/mol. The molecule has 0 N–H and O–H groups in total. The maximum atomic E-state index is 2.99. The number of fused-ring (bicyclic) bond motifs is 8. The lowest BCUT2D eigenvalue weighted by atomic mass is 9.64. The highest BCUT2D eigenvalue weighted by Gasteiger charge is 2.65. The third-order valence-electron chi connectivity index (χ3n) is 16.7. The number of nitrogens with zero attached hydrogens (tertiary/aromatic N) is 2. The van der Waals surface area contributed by atoms with Gasteiger partial charge in [-0.3, -0.25) is 0 Å². The van der Waals surface area contributed by atoms with Crippen molar-refractivity contribution in [2.45, 2.75) is 168 Å². The van der Waals surface area contributed by atoms with Crippen LogP contribution in [0.3, 0.4) is 0 Å². The molecule has 8 rings (SSSR count). The molecule has 12 atom stereocenters. The van der Waals surface area contributed by atoms with Crippen LogP contribution in [0.4, 0.5) is 0 Å². The molecule has 4 fully saturated rings. The van der Waals surface area contributed by atoms with Gasteiger partial charge in [0.25, 0.3) is 0 Å². The summed E-state index contributed by atoms with van der Waals surface area (Å²) in [6, 6.07) is 1.60. The van der Waals surface area contributed by atoms with Crippen molar-refractivity contribution >= 4 is 8.07 Å². The molecule has 0 aromatic rings. The zero-order valence-electron chi connectivity index (χ0n) is 31.2. The van der Waals surface area contributed by atoms with E-state index in [0.29, 0.717) is 10.8 Å². The summed E-state index contributed by atoms with van der Waals surface area (Å²) in [5.41, 5.74) is 10.7. The molecule has 2 aliphatic heterocycles. The van der Waals surface area contributed by atoms with Crippen LogP contribution in [0.15, 0.2) is 22.5 Å². The number of likely N-dealkylation sites (tertiary alicyclic amines) is 2. The fourth-order valence-electron chi connectivity index (χ4n) is 14.6. The molecule has 252 valence electrons. The molecule has 4 saturated carbocycles. The first-order valence-electron chi connectivity index (χ1n) is 20.1. The van der Waals surface area contributed by atoms with Crippen LogP contribution in [0.1, 0.15) is 131 Å². The number of allylic oxidation sites excluding steroid dienone is 2.